The lowest BCUT2D eigenvalue weighted by Crippen LogP contribution is -2.12. The van der Waals surface area contributed by atoms with Crippen LogP contribution in [0.5, 0.6) is 0 Å². The van der Waals surface area contributed by atoms with Gasteiger partial charge in [-0.15, -0.1) is 0 Å². The molecule has 1 heterocycles. The van der Waals surface area contributed by atoms with Crippen molar-refractivity contribution in [3.63, 3.8) is 0 Å². The van der Waals surface area contributed by atoms with E-state index in [1.165, 1.54) is 13.3 Å². The Morgan fingerprint density at radius 2 is 1.71 bits per heavy atom. The van der Waals surface area contributed by atoms with Crippen LogP contribution in [0.2, 0.25) is 5.02 Å². The highest BCUT2D eigenvalue weighted by Gasteiger charge is 2.10. The van der Waals surface area contributed by atoms with Crippen LogP contribution in [0.15, 0.2) is 60.9 Å². The largest absolute Gasteiger partial charge is 0.465 e. The Balaban J connectivity index is 1.72. The normalized spacial score (nSPS) is 10.2. The second-order valence-electron chi connectivity index (χ2n) is 6.07. The number of halogens is 1. The number of carbonyl (C=O) groups excluding carboxylic acids is 2. The molecule has 0 aliphatic rings. The van der Waals surface area contributed by atoms with Crippen LogP contribution in [0.25, 0.3) is 0 Å². The monoisotopic (exact) mass is 395 g/mol. The molecule has 28 heavy (non-hydrogen) atoms. The number of benzene rings is 2. The standard InChI is InChI=1S/C21H18ClN3O3/c1-13-9-16(22)5-8-19(13)24-18-10-15(11-23-12-18)20(26)25-17-6-3-14(4-7-17)21(27)28-2/h3-12,24H,1-2H3,(H,25,26). The van der Waals surface area contributed by atoms with Crippen molar-refractivity contribution in [2.45, 2.75) is 6.92 Å². The summed E-state index contributed by atoms with van der Waals surface area (Å²) in [5, 5.41) is 6.67. The van der Waals surface area contributed by atoms with Crippen LogP contribution in [0.3, 0.4) is 0 Å². The van der Waals surface area contributed by atoms with Crippen LogP contribution in [0, 0.1) is 6.92 Å². The summed E-state index contributed by atoms with van der Waals surface area (Å²) in [6, 6.07) is 13.7. The molecule has 0 fully saturated rings. The van der Waals surface area contributed by atoms with E-state index in [0.29, 0.717) is 27.5 Å². The van der Waals surface area contributed by atoms with Crippen LogP contribution in [-0.2, 0) is 4.74 Å². The Labute approximate surface area is 167 Å². The van der Waals surface area contributed by atoms with Crippen LogP contribution >= 0.6 is 11.6 Å². The van der Waals surface area contributed by atoms with E-state index >= 15 is 0 Å². The van der Waals surface area contributed by atoms with Crippen LogP contribution in [0.1, 0.15) is 26.3 Å². The molecule has 142 valence electrons. The molecule has 0 saturated heterocycles. The number of carbonyl (C=O) groups is 2. The summed E-state index contributed by atoms with van der Waals surface area (Å²) in [4.78, 5) is 28.1. The van der Waals surface area contributed by atoms with Gasteiger partial charge >= 0.3 is 5.97 Å². The van der Waals surface area contributed by atoms with Crippen molar-refractivity contribution in [1.29, 1.82) is 0 Å². The number of pyridine rings is 1. The molecule has 0 aliphatic heterocycles. The van der Waals surface area contributed by atoms with Crippen molar-refractivity contribution < 1.29 is 14.3 Å². The van der Waals surface area contributed by atoms with Gasteiger partial charge in [0.2, 0.25) is 0 Å². The number of aryl methyl sites for hydroxylation is 1. The Kier molecular flexibility index (Phi) is 5.91. The van der Waals surface area contributed by atoms with E-state index < -0.39 is 5.97 Å². The van der Waals surface area contributed by atoms with E-state index in [0.717, 1.165) is 11.3 Å². The van der Waals surface area contributed by atoms with Gasteiger partial charge in [0.1, 0.15) is 0 Å². The minimum Gasteiger partial charge on any atom is -0.465 e. The SMILES string of the molecule is COC(=O)c1ccc(NC(=O)c2cncc(Nc3ccc(Cl)cc3C)c2)cc1. The van der Waals surface area contributed by atoms with E-state index in [1.54, 1.807) is 42.6 Å². The van der Waals surface area contributed by atoms with Gasteiger partial charge in [-0.3, -0.25) is 9.78 Å². The lowest BCUT2D eigenvalue weighted by molar-refractivity contribution is 0.0600. The first kappa shape index (κ1) is 19.4. The molecule has 2 aromatic carbocycles. The van der Waals surface area contributed by atoms with E-state index in [2.05, 4.69) is 20.4 Å². The number of nitrogens with zero attached hydrogens (tertiary/aromatic N) is 1. The first-order valence-corrected chi connectivity index (χ1v) is 8.82. The van der Waals surface area contributed by atoms with Crippen molar-refractivity contribution in [3.05, 3.63) is 82.6 Å². The molecule has 3 aromatic rings. The van der Waals surface area contributed by atoms with E-state index in [-0.39, 0.29) is 5.91 Å². The number of ether oxygens (including phenoxy) is 1. The molecule has 6 nitrogen and oxygen atoms in total. The van der Waals surface area contributed by atoms with Crippen LogP contribution in [-0.4, -0.2) is 24.0 Å². The Bertz CT molecular complexity index is 1020. The van der Waals surface area contributed by atoms with Gasteiger partial charge in [-0.2, -0.15) is 0 Å². The number of anilines is 3. The van der Waals surface area contributed by atoms with Crippen molar-refractivity contribution in [2.75, 3.05) is 17.7 Å². The number of rotatable bonds is 5. The molecule has 7 heteroatoms. The van der Waals surface area contributed by atoms with Gasteiger partial charge in [-0.05, 0) is 61.0 Å². The molecule has 0 saturated carbocycles. The molecule has 1 amide bonds. The molecule has 3 rings (SSSR count). The maximum absolute atomic E-state index is 12.5. The predicted octanol–water partition coefficient (Wildman–Crippen LogP) is 4.83. The molecule has 0 spiro atoms. The molecule has 0 atom stereocenters. The van der Waals surface area contributed by atoms with Gasteiger partial charge in [0.25, 0.3) is 5.91 Å². The maximum atomic E-state index is 12.5. The van der Waals surface area contributed by atoms with E-state index in [9.17, 15) is 9.59 Å². The van der Waals surface area contributed by atoms with Gasteiger partial charge in [-0.1, -0.05) is 11.6 Å². The van der Waals surface area contributed by atoms with Crippen molar-refractivity contribution in [3.8, 4) is 0 Å². The lowest BCUT2D eigenvalue weighted by atomic mass is 10.2. The van der Waals surface area contributed by atoms with E-state index in [4.69, 9.17) is 11.6 Å². The van der Waals surface area contributed by atoms with Crippen molar-refractivity contribution >= 4 is 40.5 Å². The second-order valence-corrected chi connectivity index (χ2v) is 6.51. The zero-order chi connectivity index (χ0) is 20.1. The van der Waals surface area contributed by atoms with Gasteiger partial charge in [0.05, 0.1) is 30.1 Å². The lowest BCUT2D eigenvalue weighted by Gasteiger charge is -2.11. The van der Waals surface area contributed by atoms with Crippen LogP contribution in [0.4, 0.5) is 17.1 Å². The van der Waals surface area contributed by atoms with Gasteiger partial charge in [-0.25, -0.2) is 4.79 Å². The minimum atomic E-state index is -0.432. The molecule has 2 N–H and O–H groups in total. The fourth-order valence-electron chi connectivity index (χ4n) is 2.57. The number of amides is 1. The average molecular weight is 396 g/mol. The highest BCUT2D eigenvalue weighted by molar-refractivity contribution is 6.30. The van der Waals surface area contributed by atoms with E-state index in [1.807, 2.05) is 19.1 Å². The minimum absolute atomic E-state index is 0.310. The third-order valence-electron chi connectivity index (χ3n) is 4.03. The third kappa shape index (κ3) is 4.66. The summed E-state index contributed by atoms with van der Waals surface area (Å²) in [7, 11) is 1.32. The number of esters is 1. The van der Waals surface area contributed by atoms with Crippen LogP contribution < -0.4 is 10.6 Å². The smallest absolute Gasteiger partial charge is 0.337 e. The first-order chi connectivity index (χ1) is 13.5. The summed E-state index contributed by atoms with van der Waals surface area (Å²) < 4.78 is 4.65. The highest BCUT2D eigenvalue weighted by atomic mass is 35.5. The molecular formula is C21H18ClN3O3. The Morgan fingerprint density at radius 3 is 2.39 bits per heavy atom. The summed E-state index contributed by atoms with van der Waals surface area (Å²) in [6.07, 6.45) is 3.12. The van der Waals surface area contributed by atoms with Crippen molar-refractivity contribution in [2.24, 2.45) is 0 Å². The summed E-state index contributed by atoms with van der Waals surface area (Å²) in [6.45, 7) is 1.94. The molecule has 0 aliphatic carbocycles. The first-order valence-electron chi connectivity index (χ1n) is 8.44. The predicted molar refractivity (Wildman–Crippen MR) is 109 cm³/mol. The molecule has 0 bridgehead atoms. The zero-order valence-corrected chi connectivity index (χ0v) is 16.1. The number of hydrogen-bond donors (Lipinski definition) is 2. The number of nitrogens with one attached hydrogen (secondary N) is 2. The summed E-state index contributed by atoms with van der Waals surface area (Å²) in [5.41, 5.74) is 3.90. The quantitative estimate of drug-likeness (QED) is 0.605. The van der Waals surface area contributed by atoms with Crippen molar-refractivity contribution in [1.82, 2.24) is 4.98 Å². The topological polar surface area (TPSA) is 80.3 Å². The summed E-state index contributed by atoms with van der Waals surface area (Å²) in [5.74, 6) is -0.742. The third-order valence-corrected chi connectivity index (χ3v) is 4.27. The number of aromatic nitrogens is 1. The molecule has 1 aromatic heterocycles. The molecule has 0 radical (unpaired) electrons. The fourth-order valence-corrected chi connectivity index (χ4v) is 2.79. The fraction of sp³-hybridized carbons (Fsp3) is 0.0952. The Morgan fingerprint density at radius 1 is 0.964 bits per heavy atom. The van der Waals surface area contributed by atoms with Gasteiger partial charge < -0.3 is 15.4 Å². The zero-order valence-electron chi connectivity index (χ0n) is 15.3. The van der Waals surface area contributed by atoms with Gasteiger partial charge in [0, 0.05) is 22.6 Å². The molecule has 0 unspecified atom stereocenters. The summed E-state index contributed by atoms with van der Waals surface area (Å²) >= 11 is 5.98. The van der Waals surface area contributed by atoms with Gasteiger partial charge in [0.15, 0.2) is 0 Å². The Hall–Kier alpha value is -3.38. The number of methoxy groups -OCH3 is 1. The number of hydrogen-bond acceptors (Lipinski definition) is 5. The second kappa shape index (κ2) is 8.54. The average Bonchev–Trinajstić information content (AvgIpc) is 2.70. The highest BCUT2D eigenvalue weighted by Crippen LogP contribution is 2.24. The maximum Gasteiger partial charge on any atom is 0.337 e. The molecular weight excluding hydrogens is 378 g/mol.